The molecule has 74 valence electrons. The fourth-order valence-electron chi connectivity index (χ4n) is 1.56. The number of nitriles is 1. The Labute approximate surface area is 90.4 Å². The molecule has 14 heavy (non-hydrogen) atoms. The summed E-state index contributed by atoms with van der Waals surface area (Å²) in [7, 11) is 0. The van der Waals surface area contributed by atoms with E-state index in [4.69, 9.17) is 15.4 Å². The Morgan fingerprint density at radius 1 is 1.64 bits per heavy atom. The van der Waals surface area contributed by atoms with E-state index in [9.17, 15) is 0 Å². The second-order valence-corrected chi connectivity index (χ2v) is 4.17. The van der Waals surface area contributed by atoms with Crippen molar-refractivity contribution in [2.45, 2.75) is 12.1 Å². The zero-order chi connectivity index (χ0) is 10.1. The number of nitrogens with zero attached hydrogens (tertiary/aromatic N) is 2. The molecule has 2 rings (SSSR count). The molecule has 0 radical (unpaired) electrons. The highest BCUT2D eigenvalue weighted by Gasteiger charge is 2.32. The fourth-order valence-corrected chi connectivity index (χ4v) is 1.88. The molecule has 1 aromatic rings. The van der Waals surface area contributed by atoms with E-state index >= 15 is 0 Å². The average molecular weight is 256 g/mol. The molecule has 1 saturated heterocycles. The van der Waals surface area contributed by atoms with Gasteiger partial charge in [-0.1, -0.05) is 0 Å². The van der Waals surface area contributed by atoms with E-state index in [0.29, 0.717) is 10.4 Å². The van der Waals surface area contributed by atoms with Gasteiger partial charge in [-0.05, 0) is 28.1 Å². The van der Waals surface area contributed by atoms with Gasteiger partial charge in [0.2, 0.25) is 0 Å². The maximum Gasteiger partial charge on any atom is 0.169 e. The Balaban J connectivity index is 2.11. The third-order valence-corrected chi connectivity index (χ3v) is 2.72. The number of halogens is 1. The maximum atomic E-state index is 9.00. The third-order valence-electron chi connectivity index (χ3n) is 2.29. The first kappa shape index (κ1) is 9.71. The largest absolute Gasteiger partial charge is 0.452 e. The van der Waals surface area contributed by atoms with Crippen molar-refractivity contribution in [1.29, 1.82) is 5.26 Å². The molecule has 1 aliphatic rings. The van der Waals surface area contributed by atoms with Crippen LogP contribution in [0.2, 0.25) is 0 Å². The zero-order valence-electron chi connectivity index (χ0n) is 7.48. The molecule has 1 fully saturated rings. The topological polar surface area (TPSA) is 66.2 Å². The molecule has 0 bridgehead atoms. The lowest BCUT2D eigenvalue weighted by atomic mass is 10.1. The van der Waals surface area contributed by atoms with Crippen LogP contribution in [-0.4, -0.2) is 24.0 Å². The second-order valence-electron chi connectivity index (χ2n) is 3.39. The first-order chi connectivity index (χ1) is 6.70. The van der Waals surface area contributed by atoms with Crippen LogP contribution in [0, 0.1) is 11.3 Å². The van der Waals surface area contributed by atoms with Crippen molar-refractivity contribution < 1.29 is 4.42 Å². The SMILES string of the molecule is N#CC(c1ccc(Br)o1)N1CC(N)C1. The summed E-state index contributed by atoms with van der Waals surface area (Å²) < 4.78 is 5.99. The van der Waals surface area contributed by atoms with Crippen molar-refractivity contribution in [2.75, 3.05) is 13.1 Å². The van der Waals surface area contributed by atoms with Crippen LogP contribution in [0.25, 0.3) is 0 Å². The van der Waals surface area contributed by atoms with Crippen molar-refractivity contribution in [3.8, 4) is 6.07 Å². The number of furan rings is 1. The first-order valence-electron chi connectivity index (χ1n) is 4.35. The lowest BCUT2D eigenvalue weighted by Crippen LogP contribution is -2.56. The number of rotatable bonds is 2. The molecule has 0 aliphatic carbocycles. The molecular weight excluding hydrogens is 246 g/mol. The van der Waals surface area contributed by atoms with Gasteiger partial charge >= 0.3 is 0 Å². The fraction of sp³-hybridized carbons (Fsp3) is 0.444. The minimum atomic E-state index is -0.305. The third kappa shape index (κ3) is 1.69. The molecule has 2 heterocycles. The van der Waals surface area contributed by atoms with Gasteiger partial charge in [0.25, 0.3) is 0 Å². The van der Waals surface area contributed by atoms with Gasteiger partial charge in [0.15, 0.2) is 10.7 Å². The highest BCUT2D eigenvalue weighted by atomic mass is 79.9. The summed E-state index contributed by atoms with van der Waals surface area (Å²) in [6.45, 7) is 1.52. The van der Waals surface area contributed by atoms with E-state index in [1.165, 1.54) is 0 Å². The molecule has 1 atom stereocenters. The van der Waals surface area contributed by atoms with Crippen LogP contribution in [0.4, 0.5) is 0 Å². The highest BCUT2D eigenvalue weighted by Crippen LogP contribution is 2.27. The Morgan fingerprint density at radius 2 is 2.36 bits per heavy atom. The second kappa shape index (κ2) is 3.73. The van der Waals surface area contributed by atoms with Gasteiger partial charge in [-0.25, -0.2) is 0 Å². The van der Waals surface area contributed by atoms with Crippen LogP contribution >= 0.6 is 15.9 Å². The number of likely N-dealkylation sites (tertiary alicyclic amines) is 1. The molecule has 4 nitrogen and oxygen atoms in total. The Bertz CT molecular complexity index is 364. The predicted octanol–water partition coefficient (Wildman–Crippen LogP) is 1.25. The Morgan fingerprint density at radius 3 is 2.79 bits per heavy atom. The zero-order valence-corrected chi connectivity index (χ0v) is 9.07. The van der Waals surface area contributed by atoms with Crippen molar-refractivity contribution >= 4 is 15.9 Å². The molecule has 1 aromatic heterocycles. The van der Waals surface area contributed by atoms with Crippen molar-refractivity contribution in [2.24, 2.45) is 5.73 Å². The van der Waals surface area contributed by atoms with Gasteiger partial charge < -0.3 is 10.2 Å². The summed E-state index contributed by atoms with van der Waals surface area (Å²) in [5, 5.41) is 9.00. The standard InChI is InChI=1S/C9H10BrN3O/c10-9-2-1-8(14-9)7(3-11)13-4-6(12)5-13/h1-2,6-7H,4-5,12H2. The first-order valence-corrected chi connectivity index (χ1v) is 5.14. The molecule has 0 saturated carbocycles. The van der Waals surface area contributed by atoms with E-state index in [0.717, 1.165) is 13.1 Å². The summed E-state index contributed by atoms with van der Waals surface area (Å²) in [6, 6.07) is 5.70. The van der Waals surface area contributed by atoms with E-state index < -0.39 is 0 Å². The van der Waals surface area contributed by atoms with Gasteiger partial charge in [0.05, 0.1) is 6.07 Å². The van der Waals surface area contributed by atoms with Gasteiger partial charge in [0, 0.05) is 19.1 Å². The lowest BCUT2D eigenvalue weighted by molar-refractivity contribution is 0.109. The van der Waals surface area contributed by atoms with Crippen LogP contribution < -0.4 is 5.73 Å². The van der Waals surface area contributed by atoms with Crippen LogP contribution in [0.15, 0.2) is 21.2 Å². The van der Waals surface area contributed by atoms with Crippen molar-refractivity contribution in [3.05, 3.63) is 22.6 Å². The molecule has 5 heteroatoms. The number of hydrogen-bond acceptors (Lipinski definition) is 4. The van der Waals surface area contributed by atoms with Crippen LogP contribution in [0.3, 0.4) is 0 Å². The molecule has 0 aromatic carbocycles. The summed E-state index contributed by atoms with van der Waals surface area (Å²) in [5.74, 6) is 0.672. The minimum Gasteiger partial charge on any atom is -0.452 e. The van der Waals surface area contributed by atoms with Crippen molar-refractivity contribution in [3.63, 3.8) is 0 Å². The maximum absolute atomic E-state index is 9.00. The van der Waals surface area contributed by atoms with Gasteiger partial charge in [-0.3, -0.25) is 4.90 Å². The lowest BCUT2D eigenvalue weighted by Gasteiger charge is -2.38. The summed E-state index contributed by atoms with van der Waals surface area (Å²) >= 11 is 3.21. The van der Waals surface area contributed by atoms with Gasteiger partial charge in [-0.15, -0.1) is 0 Å². The smallest absolute Gasteiger partial charge is 0.169 e. The van der Waals surface area contributed by atoms with Gasteiger partial charge in [0.1, 0.15) is 5.76 Å². The Hall–Kier alpha value is -0.830. The quantitative estimate of drug-likeness (QED) is 0.864. The average Bonchev–Trinajstić information content (AvgIpc) is 2.50. The van der Waals surface area contributed by atoms with E-state index in [1.807, 2.05) is 11.0 Å². The van der Waals surface area contributed by atoms with Crippen LogP contribution in [0.1, 0.15) is 11.8 Å². The molecular formula is C9H10BrN3O. The molecule has 0 amide bonds. The summed E-state index contributed by atoms with van der Waals surface area (Å²) in [6.07, 6.45) is 0. The van der Waals surface area contributed by atoms with Crippen molar-refractivity contribution in [1.82, 2.24) is 4.90 Å². The normalized spacial score (nSPS) is 20.1. The van der Waals surface area contributed by atoms with E-state index in [2.05, 4.69) is 22.0 Å². The highest BCUT2D eigenvalue weighted by molar-refractivity contribution is 9.10. The van der Waals surface area contributed by atoms with Gasteiger partial charge in [-0.2, -0.15) is 5.26 Å². The van der Waals surface area contributed by atoms with E-state index in [1.54, 1.807) is 6.07 Å². The van der Waals surface area contributed by atoms with Crippen LogP contribution in [0.5, 0.6) is 0 Å². The Kier molecular flexibility index (Phi) is 2.59. The summed E-state index contributed by atoms with van der Waals surface area (Å²) in [5.41, 5.74) is 5.65. The molecule has 1 aliphatic heterocycles. The molecule has 1 unspecified atom stereocenters. The number of nitrogens with two attached hydrogens (primary N) is 1. The minimum absolute atomic E-state index is 0.198. The number of hydrogen-bond donors (Lipinski definition) is 1. The molecule has 0 spiro atoms. The molecule has 2 N–H and O–H groups in total. The monoisotopic (exact) mass is 255 g/mol. The van der Waals surface area contributed by atoms with Crippen LogP contribution in [-0.2, 0) is 0 Å². The predicted molar refractivity (Wildman–Crippen MR) is 54.3 cm³/mol. The summed E-state index contributed by atoms with van der Waals surface area (Å²) in [4.78, 5) is 2.00. The van der Waals surface area contributed by atoms with E-state index in [-0.39, 0.29) is 12.1 Å².